The highest BCUT2D eigenvalue weighted by Gasteiger charge is 2.31. The van der Waals surface area contributed by atoms with Gasteiger partial charge in [0, 0.05) is 40.3 Å². The van der Waals surface area contributed by atoms with Crippen LogP contribution < -0.4 is 11.5 Å². The Hall–Kier alpha value is -1.23. The summed E-state index contributed by atoms with van der Waals surface area (Å²) in [5.41, 5.74) is 10.6. The molecule has 0 aromatic carbocycles. The summed E-state index contributed by atoms with van der Waals surface area (Å²) in [6, 6.07) is -0.968. The van der Waals surface area contributed by atoms with Crippen molar-refractivity contribution < 1.29 is 18.0 Å². The zero-order valence-corrected chi connectivity index (χ0v) is 12.5. The van der Waals surface area contributed by atoms with Crippen LogP contribution in [-0.2, 0) is 19.8 Å². The molecule has 1 fully saturated rings. The fourth-order valence-corrected chi connectivity index (χ4v) is 3.00. The molecule has 1 heterocycles. The Morgan fingerprint density at radius 2 is 1.70 bits per heavy atom. The van der Waals surface area contributed by atoms with E-state index >= 15 is 0 Å². The molecule has 2 amide bonds. The minimum absolute atomic E-state index is 0.204. The summed E-state index contributed by atoms with van der Waals surface area (Å²) in [6.45, 7) is 0.905. The predicted octanol–water partition coefficient (Wildman–Crippen LogP) is -2.86. The van der Waals surface area contributed by atoms with Crippen molar-refractivity contribution in [1.82, 2.24) is 13.5 Å². The van der Waals surface area contributed by atoms with Gasteiger partial charge in [0.1, 0.15) is 0 Å². The Morgan fingerprint density at radius 3 is 2.10 bits per heavy atom. The number of nitrogens with two attached hydrogens (primary N) is 2. The SMILES string of the molecule is CN(C)S(=O)(=O)N1CCN(C(=O)C(N)CC(N)=O)CC1. The van der Waals surface area contributed by atoms with E-state index < -0.39 is 22.2 Å². The number of carbonyl (C=O) groups excluding carboxylic acids is 2. The number of carbonyl (C=O) groups is 2. The van der Waals surface area contributed by atoms with Crippen molar-refractivity contribution in [2.24, 2.45) is 11.5 Å². The quantitative estimate of drug-likeness (QED) is 0.564. The van der Waals surface area contributed by atoms with Gasteiger partial charge in [-0.25, -0.2) is 0 Å². The molecule has 0 saturated carbocycles. The summed E-state index contributed by atoms with van der Waals surface area (Å²) >= 11 is 0. The molecule has 0 aromatic heterocycles. The first-order valence-electron chi connectivity index (χ1n) is 6.16. The molecule has 116 valence electrons. The standard InChI is InChI=1S/C10H21N5O4S/c1-13(2)20(18,19)15-5-3-14(4-6-15)10(17)8(11)7-9(12)16/h8H,3-7,11H2,1-2H3,(H2,12,16). The maximum absolute atomic E-state index is 11.9. The molecule has 9 nitrogen and oxygen atoms in total. The largest absolute Gasteiger partial charge is 0.370 e. The summed E-state index contributed by atoms with van der Waals surface area (Å²) in [7, 11) is -0.557. The van der Waals surface area contributed by atoms with Crippen LogP contribution in [0.15, 0.2) is 0 Å². The number of primary amides is 1. The van der Waals surface area contributed by atoms with Crippen LogP contribution in [0.3, 0.4) is 0 Å². The Balaban J connectivity index is 2.58. The minimum Gasteiger partial charge on any atom is -0.370 e. The normalized spacial score (nSPS) is 19.1. The molecule has 10 heteroatoms. The zero-order valence-electron chi connectivity index (χ0n) is 11.7. The number of nitrogens with zero attached hydrogens (tertiary/aromatic N) is 3. The predicted molar refractivity (Wildman–Crippen MR) is 72.5 cm³/mol. The smallest absolute Gasteiger partial charge is 0.281 e. The average molecular weight is 307 g/mol. The average Bonchev–Trinajstić information content (AvgIpc) is 2.37. The lowest BCUT2D eigenvalue weighted by molar-refractivity contribution is -0.135. The Bertz CT molecular complexity index is 470. The van der Waals surface area contributed by atoms with E-state index in [9.17, 15) is 18.0 Å². The van der Waals surface area contributed by atoms with Gasteiger partial charge in [-0.1, -0.05) is 0 Å². The number of piperazine rings is 1. The molecular formula is C10H21N5O4S. The fraction of sp³-hybridized carbons (Fsp3) is 0.800. The van der Waals surface area contributed by atoms with Crippen LogP contribution in [0.25, 0.3) is 0 Å². The second-order valence-electron chi connectivity index (χ2n) is 4.79. The molecule has 0 aromatic rings. The van der Waals surface area contributed by atoms with Gasteiger partial charge in [-0.3, -0.25) is 9.59 Å². The third kappa shape index (κ3) is 3.88. The topological polar surface area (TPSA) is 130 Å². The van der Waals surface area contributed by atoms with Gasteiger partial charge in [0.05, 0.1) is 12.5 Å². The maximum atomic E-state index is 11.9. The van der Waals surface area contributed by atoms with Crippen LogP contribution in [0, 0.1) is 0 Å². The summed E-state index contributed by atoms with van der Waals surface area (Å²) in [6.07, 6.45) is -0.213. The first kappa shape index (κ1) is 16.8. The third-order valence-electron chi connectivity index (χ3n) is 3.08. The van der Waals surface area contributed by atoms with Gasteiger partial charge in [0.25, 0.3) is 10.2 Å². The summed E-state index contributed by atoms with van der Waals surface area (Å²) < 4.78 is 26.2. The molecule has 1 aliphatic heterocycles. The van der Waals surface area contributed by atoms with Crippen molar-refractivity contribution in [1.29, 1.82) is 0 Å². The van der Waals surface area contributed by atoms with Gasteiger partial charge in [-0.05, 0) is 0 Å². The Labute approximate surface area is 118 Å². The van der Waals surface area contributed by atoms with E-state index in [0.29, 0.717) is 0 Å². The van der Waals surface area contributed by atoms with E-state index in [2.05, 4.69) is 0 Å². The van der Waals surface area contributed by atoms with E-state index in [0.717, 1.165) is 4.31 Å². The van der Waals surface area contributed by atoms with Gasteiger partial charge in [0.15, 0.2) is 0 Å². The van der Waals surface area contributed by atoms with Crippen molar-refractivity contribution in [3.05, 3.63) is 0 Å². The molecule has 1 atom stereocenters. The van der Waals surface area contributed by atoms with Crippen molar-refractivity contribution >= 4 is 22.0 Å². The van der Waals surface area contributed by atoms with E-state index in [-0.39, 0.29) is 38.5 Å². The lowest BCUT2D eigenvalue weighted by Crippen LogP contribution is -2.56. The lowest BCUT2D eigenvalue weighted by Gasteiger charge is -2.36. The van der Waals surface area contributed by atoms with Gasteiger partial charge < -0.3 is 16.4 Å². The Kier molecular flexibility index (Phi) is 5.45. The van der Waals surface area contributed by atoms with Crippen LogP contribution in [-0.4, -0.2) is 80.1 Å². The van der Waals surface area contributed by atoms with Crippen molar-refractivity contribution in [3.8, 4) is 0 Å². The number of hydrogen-bond acceptors (Lipinski definition) is 5. The highest BCUT2D eigenvalue weighted by atomic mass is 32.2. The molecule has 4 N–H and O–H groups in total. The monoisotopic (exact) mass is 307 g/mol. The fourth-order valence-electron chi connectivity index (χ4n) is 1.91. The zero-order chi connectivity index (χ0) is 15.5. The van der Waals surface area contributed by atoms with Crippen LogP contribution in [0.4, 0.5) is 0 Å². The molecule has 0 radical (unpaired) electrons. The lowest BCUT2D eigenvalue weighted by atomic mass is 10.1. The second kappa shape index (κ2) is 6.48. The first-order valence-corrected chi connectivity index (χ1v) is 7.56. The van der Waals surface area contributed by atoms with E-state index in [4.69, 9.17) is 11.5 Å². The molecule has 1 rings (SSSR count). The van der Waals surface area contributed by atoms with E-state index in [1.165, 1.54) is 23.3 Å². The van der Waals surface area contributed by atoms with Crippen LogP contribution >= 0.6 is 0 Å². The molecular weight excluding hydrogens is 286 g/mol. The Morgan fingerprint density at radius 1 is 1.20 bits per heavy atom. The van der Waals surface area contributed by atoms with Gasteiger partial charge in [-0.15, -0.1) is 0 Å². The van der Waals surface area contributed by atoms with Gasteiger partial charge in [0.2, 0.25) is 11.8 Å². The summed E-state index contributed by atoms with van der Waals surface area (Å²) in [5.74, 6) is -1.02. The number of amides is 2. The first-order chi connectivity index (χ1) is 9.16. The minimum atomic E-state index is -3.46. The number of rotatable bonds is 5. The third-order valence-corrected chi connectivity index (χ3v) is 5.02. The number of hydrogen-bond donors (Lipinski definition) is 2. The summed E-state index contributed by atoms with van der Waals surface area (Å²) in [4.78, 5) is 24.1. The van der Waals surface area contributed by atoms with Gasteiger partial charge >= 0.3 is 0 Å². The van der Waals surface area contributed by atoms with Crippen molar-refractivity contribution in [2.75, 3.05) is 40.3 Å². The van der Waals surface area contributed by atoms with E-state index in [1.807, 2.05) is 0 Å². The molecule has 1 aliphatic rings. The van der Waals surface area contributed by atoms with Crippen molar-refractivity contribution in [3.63, 3.8) is 0 Å². The van der Waals surface area contributed by atoms with Crippen LogP contribution in [0.5, 0.6) is 0 Å². The highest BCUT2D eigenvalue weighted by Crippen LogP contribution is 2.10. The molecule has 20 heavy (non-hydrogen) atoms. The molecule has 0 spiro atoms. The molecule has 1 saturated heterocycles. The summed E-state index contributed by atoms with van der Waals surface area (Å²) in [5, 5.41) is 0. The molecule has 1 unspecified atom stereocenters. The molecule has 0 bridgehead atoms. The highest BCUT2D eigenvalue weighted by molar-refractivity contribution is 7.86. The van der Waals surface area contributed by atoms with Gasteiger partial charge in [-0.2, -0.15) is 17.0 Å². The van der Waals surface area contributed by atoms with E-state index in [1.54, 1.807) is 0 Å². The van der Waals surface area contributed by atoms with Crippen LogP contribution in [0.2, 0.25) is 0 Å². The molecule has 0 aliphatic carbocycles. The maximum Gasteiger partial charge on any atom is 0.281 e. The van der Waals surface area contributed by atoms with Crippen LogP contribution in [0.1, 0.15) is 6.42 Å². The second-order valence-corrected chi connectivity index (χ2v) is 6.93. The van der Waals surface area contributed by atoms with Crippen molar-refractivity contribution in [2.45, 2.75) is 12.5 Å².